The second kappa shape index (κ2) is 6.37. The van der Waals surface area contributed by atoms with Crippen LogP contribution in [-0.2, 0) is 5.75 Å². The van der Waals surface area contributed by atoms with Crippen LogP contribution in [0.2, 0.25) is 0 Å². The highest BCUT2D eigenvalue weighted by Crippen LogP contribution is 2.22. The third kappa shape index (κ3) is 3.19. The molecule has 1 aromatic carbocycles. The lowest BCUT2D eigenvalue weighted by molar-refractivity contribution is 0.527. The summed E-state index contributed by atoms with van der Waals surface area (Å²) in [5.41, 5.74) is 0.943. The fourth-order valence-corrected chi connectivity index (χ4v) is 3.21. The molecule has 0 atom stereocenters. The van der Waals surface area contributed by atoms with Crippen LogP contribution >= 0.6 is 24.0 Å². The van der Waals surface area contributed by atoms with E-state index in [1.165, 1.54) is 12.8 Å². The molecule has 0 aliphatic carbocycles. The minimum absolute atomic E-state index is 0.563. The molecule has 0 amide bonds. The predicted molar refractivity (Wildman–Crippen MR) is 84.4 cm³/mol. The Labute approximate surface area is 127 Å². The highest BCUT2D eigenvalue weighted by Gasteiger charge is 2.16. The molecule has 4 nitrogen and oxygen atoms in total. The Balaban J connectivity index is 1.59. The lowest BCUT2D eigenvalue weighted by Crippen LogP contribution is -2.23. The van der Waals surface area contributed by atoms with Crippen molar-refractivity contribution >= 4 is 28.3 Å². The highest BCUT2D eigenvalue weighted by molar-refractivity contribution is 8.22. The van der Waals surface area contributed by atoms with Crippen LogP contribution in [0.3, 0.4) is 0 Å². The predicted octanol–water partition coefficient (Wildman–Crippen LogP) is 3.35. The van der Waals surface area contributed by atoms with Gasteiger partial charge in [-0.05, 0) is 25.0 Å². The SMILES string of the molecule is S=C(SCc1nnc(-c2ccccc2)o1)N1CCCC1. The molecule has 1 aliphatic rings. The normalized spacial score (nSPS) is 14.7. The zero-order chi connectivity index (χ0) is 13.8. The van der Waals surface area contributed by atoms with E-state index in [-0.39, 0.29) is 0 Å². The van der Waals surface area contributed by atoms with Crippen LogP contribution in [0, 0.1) is 0 Å². The second-order valence-corrected chi connectivity index (χ2v) is 6.22. The number of rotatable bonds is 3. The molecular formula is C14H15N3OS2. The topological polar surface area (TPSA) is 42.2 Å². The molecule has 3 rings (SSSR count). The van der Waals surface area contributed by atoms with Gasteiger partial charge < -0.3 is 9.32 Å². The summed E-state index contributed by atoms with van der Waals surface area (Å²) >= 11 is 7.01. The Bertz CT molecular complexity index is 579. The fraction of sp³-hybridized carbons (Fsp3) is 0.357. The van der Waals surface area contributed by atoms with Gasteiger partial charge >= 0.3 is 0 Å². The molecule has 0 saturated carbocycles. The molecule has 0 N–H and O–H groups in total. The molecule has 6 heteroatoms. The van der Waals surface area contributed by atoms with Crippen LogP contribution in [-0.4, -0.2) is 32.5 Å². The zero-order valence-corrected chi connectivity index (χ0v) is 12.6. The lowest BCUT2D eigenvalue weighted by Gasteiger charge is -2.16. The summed E-state index contributed by atoms with van der Waals surface area (Å²) < 4.78 is 6.59. The van der Waals surface area contributed by atoms with Crippen LogP contribution in [0.1, 0.15) is 18.7 Å². The van der Waals surface area contributed by atoms with Crippen molar-refractivity contribution in [2.45, 2.75) is 18.6 Å². The summed E-state index contributed by atoms with van der Waals surface area (Å²) in [4.78, 5) is 2.24. The van der Waals surface area contributed by atoms with E-state index >= 15 is 0 Å². The Morgan fingerprint density at radius 2 is 1.95 bits per heavy atom. The third-order valence-electron chi connectivity index (χ3n) is 3.17. The minimum Gasteiger partial charge on any atom is -0.420 e. The summed E-state index contributed by atoms with van der Waals surface area (Å²) in [5.74, 6) is 1.82. The van der Waals surface area contributed by atoms with E-state index in [0.717, 1.165) is 23.0 Å². The van der Waals surface area contributed by atoms with E-state index < -0.39 is 0 Å². The standard InChI is InChI=1S/C14H15N3OS2/c19-14(17-8-4-5-9-17)20-10-12-15-16-13(18-12)11-6-2-1-3-7-11/h1-3,6-7H,4-5,8-10H2. The Kier molecular flexibility index (Phi) is 4.32. The van der Waals surface area contributed by atoms with Gasteiger partial charge in [-0.1, -0.05) is 42.2 Å². The fourth-order valence-electron chi connectivity index (χ4n) is 2.12. The molecule has 20 heavy (non-hydrogen) atoms. The van der Waals surface area contributed by atoms with E-state index in [1.807, 2.05) is 30.3 Å². The zero-order valence-electron chi connectivity index (χ0n) is 11.0. The summed E-state index contributed by atoms with van der Waals surface area (Å²) in [6.45, 7) is 2.15. The smallest absolute Gasteiger partial charge is 0.247 e. The molecule has 104 valence electrons. The number of nitrogens with zero attached hydrogens (tertiary/aromatic N) is 3. The molecule has 1 aromatic heterocycles. The summed E-state index contributed by atoms with van der Waals surface area (Å²) in [6, 6.07) is 9.79. The van der Waals surface area contributed by atoms with Crippen molar-refractivity contribution in [1.29, 1.82) is 0 Å². The van der Waals surface area contributed by atoms with Gasteiger partial charge in [0.15, 0.2) is 0 Å². The molecular weight excluding hydrogens is 290 g/mol. The molecule has 1 saturated heterocycles. The first-order valence-corrected chi connectivity index (χ1v) is 8.02. The average molecular weight is 305 g/mol. The monoisotopic (exact) mass is 305 g/mol. The molecule has 0 unspecified atom stereocenters. The lowest BCUT2D eigenvalue weighted by atomic mass is 10.2. The van der Waals surface area contributed by atoms with Crippen molar-refractivity contribution in [3.8, 4) is 11.5 Å². The minimum atomic E-state index is 0.563. The first-order valence-electron chi connectivity index (χ1n) is 6.62. The summed E-state index contributed by atoms with van der Waals surface area (Å²) in [7, 11) is 0. The maximum atomic E-state index is 5.66. The number of hydrogen-bond acceptors (Lipinski definition) is 5. The van der Waals surface area contributed by atoms with Crippen molar-refractivity contribution in [2.24, 2.45) is 0 Å². The Morgan fingerprint density at radius 3 is 2.70 bits per heavy atom. The van der Waals surface area contributed by atoms with Gasteiger partial charge in [0.2, 0.25) is 11.8 Å². The van der Waals surface area contributed by atoms with Crippen molar-refractivity contribution < 1.29 is 4.42 Å². The van der Waals surface area contributed by atoms with Crippen molar-refractivity contribution in [1.82, 2.24) is 15.1 Å². The Morgan fingerprint density at radius 1 is 1.20 bits per heavy atom. The first kappa shape index (κ1) is 13.6. The number of thioether (sulfide) groups is 1. The summed E-state index contributed by atoms with van der Waals surface area (Å²) in [5, 5.41) is 8.15. The summed E-state index contributed by atoms with van der Waals surface area (Å²) in [6.07, 6.45) is 2.47. The molecule has 1 aliphatic heterocycles. The molecule has 0 bridgehead atoms. The number of likely N-dealkylation sites (tertiary alicyclic amines) is 1. The van der Waals surface area contributed by atoms with Gasteiger partial charge in [0, 0.05) is 18.7 Å². The van der Waals surface area contributed by atoms with Crippen LogP contribution in [0.25, 0.3) is 11.5 Å². The number of aromatic nitrogens is 2. The number of benzene rings is 1. The van der Waals surface area contributed by atoms with Crippen LogP contribution < -0.4 is 0 Å². The number of thiocarbonyl (C=S) groups is 1. The van der Waals surface area contributed by atoms with Gasteiger partial charge in [-0.15, -0.1) is 10.2 Å². The molecule has 0 spiro atoms. The Hall–Kier alpha value is -1.40. The van der Waals surface area contributed by atoms with E-state index in [0.29, 0.717) is 17.5 Å². The molecule has 2 aromatic rings. The van der Waals surface area contributed by atoms with E-state index in [4.69, 9.17) is 16.6 Å². The van der Waals surface area contributed by atoms with Gasteiger partial charge in [-0.25, -0.2) is 0 Å². The molecule has 2 heterocycles. The van der Waals surface area contributed by atoms with Crippen LogP contribution in [0.15, 0.2) is 34.7 Å². The van der Waals surface area contributed by atoms with Gasteiger partial charge in [0.05, 0.1) is 5.75 Å². The van der Waals surface area contributed by atoms with Gasteiger partial charge in [0.1, 0.15) is 4.32 Å². The van der Waals surface area contributed by atoms with Gasteiger partial charge in [-0.3, -0.25) is 0 Å². The van der Waals surface area contributed by atoms with E-state index in [9.17, 15) is 0 Å². The van der Waals surface area contributed by atoms with Crippen LogP contribution in [0.5, 0.6) is 0 Å². The first-order chi connectivity index (χ1) is 9.83. The van der Waals surface area contributed by atoms with Gasteiger partial charge in [-0.2, -0.15) is 0 Å². The maximum Gasteiger partial charge on any atom is 0.247 e. The van der Waals surface area contributed by atoms with Crippen LogP contribution in [0.4, 0.5) is 0 Å². The second-order valence-electron chi connectivity index (χ2n) is 4.62. The third-order valence-corrected chi connectivity index (χ3v) is 4.68. The largest absolute Gasteiger partial charge is 0.420 e. The highest BCUT2D eigenvalue weighted by atomic mass is 32.2. The van der Waals surface area contributed by atoms with Gasteiger partial charge in [0.25, 0.3) is 0 Å². The average Bonchev–Trinajstić information content (AvgIpc) is 3.17. The van der Waals surface area contributed by atoms with Crippen molar-refractivity contribution in [3.05, 3.63) is 36.2 Å². The van der Waals surface area contributed by atoms with E-state index in [2.05, 4.69) is 15.1 Å². The maximum absolute atomic E-state index is 5.66. The van der Waals surface area contributed by atoms with Crippen molar-refractivity contribution in [3.63, 3.8) is 0 Å². The van der Waals surface area contributed by atoms with Crippen molar-refractivity contribution in [2.75, 3.05) is 13.1 Å². The molecule has 1 fully saturated rings. The quantitative estimate of drug-likeness (QED) is 0.810. The van der Waals surface area contributed by atoms with E-state index in [1.54, 1.807) is 11.8 Å². The number of hydrogen-bond donors (Lipinski definition) is 0. The molecule has 0 radical (unpaired) electrons.